The van der Waals surface area contributed by atoms with Gasteiger partial charge in [0.2, 0.25) is 0 Å². The number of halogens is 4. The van der Waals surface area contributed by atoms with Crippen LogP contribution >= 0.6 is 15.9 Å². The van der Waals surface area contributed by atoms with E-state index in [1.807, 2.05) is 19.0 Å². The molecule has 2 unspecified atom stereocenters. The zero-order chi connectivity index (χ0) is 15.8. The van der Waals surface area contributed by atoms with Crippen LogP contribution in [0.4, 0.5) is 18.9 Å². The smallest absolute Gasteiger partial charge is 0.391 e. The summed E-state index contributed by atoms with van der Waals surface area (Å²) in [5.74, 6) is 0. The first-order valence-corrected chi connectivity index (χ1v) is 7.44. The second kappa shape index (κ2) is 6.14. The maximum Gasteiger partial charge on any atom is 0.418 e. The number of hydrogen-bond donors (Lipinski definition) is 1. The van der Waals surface area contributed by atoms with E-state index in [0.717, 1.165) is 6.07 Å². The molecule has 0 saturated carbocycles. The van der Waals surface area contributed by atoms with Crippen LogP contribution in [0.15, 0.2) is 22.7 Å². The van der Waals surface area contributed by atoms with Crippen LogP contribution in [0, 0.1) is 0 Å². The van der Waals surface area contributed by atoms with E-state index >= 15 is 0 Å². The highest BCUT2D eigenvalue weighted by atomic mass is 79.9. The number of benzene rings is 1. The van der Waals surface area contributed by atoms with E-state index in [4.69, 9.17) is 0 Å². The minimum atomic E-state index is -4.41. The van der Waals surface area contributed by atoms with Crippen molar-refractivity contribution in [2.45, 2.75) is 24.7 Å². The molecule has 1 aromatic rings. The highest BCUT2D eigenvalue weighted by Crippen LogP contribution is 2.40. The van der Waals surface area contributed by atoms with Gasteiger partial charge in [0.15, 0.2) is 0 Å². The minimum Gasteiger partial charge on any atom is -0.391 e. The molecule has 2 rings (SSSR count). The lowest BCUT2D eigenvalue weighted by Crippen LogP contribution is -2.38. The second-order valence-electron chi connectivity index (χ2n) is 5.62. The SMILES string of the molecule is CN(C)CC1CC(O)CN1c1cc(Br)ccc1C(F)(F)F. The fourth-order valence-corrected chi connectivity index (χ4v) is 3.11. The Labute approximate surface area is 130 Å². The summed E-state index contributed by atoms with van der Waals surface area (Å²) < 4.78 is 40.2. The van der Waals surface area contributed by atoms with Gasteiger partial charge in [0, 0.05) is 23.6 Å². The average molecular weight is 367 g/mol. The Morgan fingerprint density at radius 3 is 2.62 bits per heavy atom. The third-order valence-electron chi connectivity index (χ3n) is 3.54. The van der Waals surface area contributed by atoms with Crippen molar-refractivity contribution in [3.63, 3.8) is 0 Å². The van der Waals surface area contributed by atoms with Gasteiger partial charge in [-0.15, -0.1) is 0 Å². The van der Waals surface area contributed by atoms with E-state index in [2.05, 4.69) is 15.9 Å². The molecule has 0 radical (unpaired) electrons. The predicted molar refractivity (Wildman–Crippen MR) is 79.5 cm³/mol. The fourth-order valence-electron chi connectivity index (χ4n) is 2.76. The summed E-state index contributed by atoms with van der Waals surface area (Å²) in [5, 5.41) is 9.85. The molecule has 0 bridgehead atoms. The van der Waals surface area contributed by atoms with Crippen molar-refractivity contribution >= 4 is 21.6 Å². The van der Waals surface area contributed by atoms with Crippen molar-refractivity contribution in [3.8, 4) is 0 Å². The van der Waals surface area contributed by atoms with Gasteiger partial charge < -0.3 is 14.9 Å². The number of aliphatic hydroxyl groups excluding tert-OH is 1. The van der Waals surface area contributed by atoms with Gasteiger partial charge in [-0.25, -0.2) is 0 Å². The Bertz CT molecular complexity index is 507. The molecule has 1 N–H and O–H groups in total. The Morgan fingerprint density at radius 2 is 2.05 bits per heavy atom. The van der Waals surface area contributed by atoms with Crippen molar-refractivity contribution in [2.75, 3.05) is 32.1 Å². The zero-order valence-electron chi connectivity index (χ0n) is 11.9. The minimum absolute atomic E-state index is 0.125. The van der Waals surface area contributed by atoms with Gasteiger partial charge in [-0.05, 0) is 38.7 Å². The normalized spacial score (nSPS) is 23.1. The third kappa shape index (κ3) is 3.90. The molecule has 1 aliphatic rings. The molecule has 1 fully saturated rings. The molecule has 1 saturated heterocycles. The number of alkyl halides is 3. The maximum atomic E-state index is 13.2. The predicted octanol–water partition coefficient (Wildman–Crippen LogP) is 2.97. The first kappa shape index (κ1) is 16.6. The first-order valence-electron chi connectivity index (χ1n) is 6.64. The number of likely N-dealkylation sites (N-methyl/N-ethyl adjacent to an activating group) is 1. The number of rotatable bonds is 3. The molecular weight excluding hydrogens is 349 g/mol. The molecule has 1 aromatic carbocycles. The maximum absolute atomic E-state index is 13.2. The van der Waals surface area contributed by atoms with Crippen LogP contribution in [-0.2, 0) is 6.18 Å². The third-order valence-corrected chi connectivity index (χ3v) is 4.04. The number of hydrogen-bond acceptors (Lipinski definition) is 3. The number of aliphatic hydroxyl groups is 1. The van der Waals surface area contributed by atoms with Crippen molar-refractivity contribution in [2.24, 2.45) is 0 Å². The van der Waals surface area contributed by atoms with Gasteiger partial charge in [0.1, 0.15) is 0 Å². The summed E-state index contributed by atoms with van der Waals surface area (Å²) in [4.78, 5) is 3.58. The van der Waals surface area contributed by atoms with E-state index in [9.17, 15) is 18.3 Å². The van der Waals surface area contributed by atoms with Crippen LogP contribution in [-0.4, -0.2) is 49.3 Å². The van der Waals surface area contributed by atoms with Crippen molar-refractivity contribution < 1.29 is 18.3 Å². The molecule has 0 aliphatic carbocycles. The van der Waals surface area contributed by atoms with E-state index in [0.29, 0.717) is 17.4 Å². The van der Waals surface area contributed by atoms with Crippen LogP contribution in [0.2, 0.25) is 0 Å². The number of nitrogens with zero attached hydrogens (tertiary/aromatic N) is 2. The summed E-state index contributed by atoms with van der Waals surface area (Å²) in [6.07, 6.45) is -4.54. The summed E-state index contributed by atoms with van der Waals surface area (Å²) in [6, 6.07) is 3.81. The van der Waals surface area contributed by atoms with Crippen LogP contribution in [0.25, 0.3) is 0 Å². The largest absolute Gasteiger partial charge is 0.418 e. The molecule has 2 atom stereocenters. The molecule has 1 heterocycles. The molecule has 1 aliphatic heterocycles. The van der Waals surface area contributed by atoms with Crippen LogP contribution < -0.4 is 4.90 Å². The lowest BCUT2D eigenvalue weighted by atomic mass is 10.1. The van der Waals surface area contributed by atoms with Gasteiger partial charge in [0.25, 0.3) is 0 Å². The molecular formula is C14H18BrF3N2O. The molecule has 118 valence electrons. The van der Waals surface area contributed by atoms with Gasteiger partial charge in [-0.1, -0.05) is 15.9 Å². The Morgan fingerprint density at radius 1 is 1.38 bits per heavy atom. The summed E-state index contributed by atoms with van der Waals surface area (Å²) in [5.41, 5.74) is -0.538. The Balaban J connectivity index is 2.41. The fraction of sp³-hybridized carbons (Fsp3) is 0.571. The molecule has 0 spiro atoms. The van der Waals surface area contributed by atoms with E-state index in [1.54, 1.807) is 4.90 Å². The van der Waals surface area contributed by atoms with Crippen molar-refractivity contribution in [1.82, 2.24) is 4.90 Å². The van der Waals surface area contributed by atoms with Crippen molar-refractivity contribution in [3.05, 3.63) is 28.2 Å². The molecule has 7 heteroatoms. The first-order chi connectivity index (χ1) is 9.68. The van der Waals surface area contributed by atoms with E-state index in [-0.39, 0.29) is 18.3 Å². The molecule has 3 nitrogen and oxygen atoms in total. The van der Waals surface area contributed by atoms with Crippen LogP contribution in [0.5, 0.6) is 0 Å². The Hall–Kier alpha value is -0.790. The Kier molecular flexibility index (Phi) is 4.85. The topological polar surface area (TPSA) is 26.7 Å². The van der Waals surface area contributed by atoms with Crippen LogP contribution in [0.3, 0.4) is 0 Å². The summed E-state index contributed by atoms with van der Waals surface area (Å²) in [6.45, 7) is 0.818. The lowest BCUT2D eigenvalue weighted by molar-refractivity contribution is -0.137. The van der Waals surface area contributed by atoms with Gasteiger partial charge >= 0.3 is 6.18 Å². The molecule has 21 heavy (non-hydrogen) atoms. The zero-order valence-corrected chi connectivity index (χ0v) is 13.4. The van der Waals surface area contributed by atoms with E-state index in [1.165, 1.54) is 12.1 Å². The summed E-state index contributed by atoms with van der Waals surface area (Å²) in [7, 11) is 3.74. The second-order valence-corrected chi connectivity index (χ2v) is 6.53. The highest BCUT2D eigenvalue weighted by Gasteiger charge is 2.39. The standard InChI is InChI=1S/C14H18BrF3N2O/c1-19(2)7-10-6-11(21)8-20(10)13-5-9(15)3-4-12(13)14(16,17)18/h3-5,10-11,21H,6-8H2,1-2H3. The van der Waals surface area contributed by atoms with Gasteiger partial charge in [-0.3, -0.25) is 0 Å². The number of anilines is 1. The lowest BCUT2D eigenvalue weighted by Gasteiger charge is -2.31. The quantitative estimate of drug-likeness (QED) is 0.890. The van der Waals surface area contributed by atoms with Gasteiger partial charge in [-0.2, -0.15) is 13.2 Å². The molecule has 0 aromatic heterocycles. The molecule has 0 amide bonds. The highest BCUT2D eigenvalue weighted by molar-refractivity contribution is 9.10. The van der Waals surface area contributed by atoms with E-state index < -0.39 is 17.8 Å². The summed E-state index contributed by atoms with van der Waals surface area (Å²) >= 11 is 3.23. The van der Waals surface area contributed by atoms with Gasteiger partial charge in [0.05, 0.1) is 17.4 Å². The monoisotopic (exact) mass is 366 g/mol. The van der Waals surface area contributed by atoms with Crippen LogP contribution in [0.1, 0.15) is 12.0 Å². The number of β-amino-alcohol motifs (C(OH)–C–C–N with tert-alkyl or cyclic N) is 1. The van der Waals surface area contributed by atoms with Crippen molar-refractivity contribution in [1.29, 1.82) is 0 Å². The average Bonchev–Trinajstić information content (AvgIpc) is 2.67.